The molecule has 0 fully saturated rings. The molecule has 124 valence electrons. The van der Waals surface area contributed by atoms with Crippen molar-refractivity contribution in [2.24, 2.45) is 0 Å². The fourth-order valence-corrected chi connectivity index (χ4v) is 2.39. The number of benzene rings is 1. The highest BCUT2D eigenvalue weighted by molar-refractivity contribution is 6.05. The van der Waals surface area contributed by atoms with Crippen molar-refractivity contribution in [3.63, 3.8) is 0 Å². The van der Waals surface area contributed by atoms with E-state index in [1.165, 1.54) is 12.5 Å². The van der Waals surface area contributed by atoms with Gasteiger partial charge in [-0.2, -0.15) is 0 Å². The molecule has 1 aromatic carbocycles. The molecule has 1 amide bonds. The summed E-state index contributed by atoms with van der Waals surface area (Å²) in [6.45, 7) is 1.74. The summed E-state index contributed by atoms with van der Waals surface area (Å²) in [6.07, 6.45) is 3.02. The van der Waals surface area contributed by atoms with Gasteiger partial charge in [0, 0.05) is 11.3 Å². The summed E-state index contributed by atoms with van der Waals surface area (Å²) in [7, 11) is 0. The van der Waals surface area contributed by atoms with Crippen molar-refractivity contribution in [2.75, 3.05) is 5.32 Å². The van der Waals surface area contributed by atoms with E-state index in [0.29, 0.717) is 40.1 Å². The number of hydrogen-bond donors (Lipinski definition) is 1. The van der Waals surface area contributed by atoms with Gasteiger partial charge in [0.1, 0.15) is 5.76 Å². The van der Waals surface area contributed by atoms with Crippen LogP contribution in [0.5, 0.6) is 0 Å². The Hall–Kier alpha value is -3.61. The van der Waals surface area contributed by atoms with Crippen LogP contribution in [0.15, 0.2) is 68.2 Å². The number of hydrogen-bond acceptors (Lipinski definition) is 6. The summed E-state index contributed by atoms with van der Waals surface area (Å²) in [5, 5.41) is 10.8. The van der Waals surface area contributed by atoms with Crippen molar-refractivity contribution in [3.05, 3.63) is 66.3 Å². The molecule has 7 heteroatoms. The van der Waals surface area contributed by atoms with Crippen LogP contribution in [-0.2, 0) is 0 Å². The molecule has 1 N–H and O–H groups in total. The average molecular weight is 335 g/mol. The summed E-state index contributed by atoms with van der Waals surface area (Å²) in [6, 6.07) is 12.3. The van der Waals surface area contributed by atoms with Crippen LogP contribution in [0.3, 0.4) is 0 Å². The second-order valence-corrected chi connectivity index (χ2v) is 5.32. The van der Waals surface area contributed by atoms with Crippen molar-refractivity contribution < 1.29 is 18.0 Å². The second-order valence-electron chi connectivity index (χ2n) is 5.32. The molecule has 0 aliphatic heterocycles. The first kappa shape index (κ1) is 14.9. The fraction of sp³-hybridized carbons (Fsp3) is 0.0556. The van der Waals surface area contributed by atoms with Crippen molar-refractivity contribution in [1.29, 1.82) is 0 Å². The molecule has 0 radical (unpaired) electrons. The second kappa shape index (κ2) is 6.12. The van der Waals surface area contributed by atoms with E-state index in [1.807, 2.05) is 6.07 Å². The van der Waals surface area contributed by atoms with Crippen LogP contribution in [0.4, 0.5) is 5.69 Å². The van der Waals surface area contributed by atoms with E-state index in [0.717, 1.165) is 0 Å². The van der Waals surface area contributed by atoms with Crippen molar-refractivity contribution in [2.45, 2.75) is 6.92 Å². The summed E-state index contributed by atoms with van der Waals surface area (Å²) in [4.78, 5) is 12.3. The lowest BCUT2D eigenvalue weighted by Crippen LogP contribution is -2.12. The fourth-order valence-electron chi connectivity index (χ4n) is 2.39. The van der Waals surface area contributed by atoms with Gasteiger partial charge in [0.25, 0.3) is 11.8 Å². The Bertz CT molecular complexity index is 1010. The zero-order chi connectivity index (χ0) is 17.2. The molecule has 4 aromatic rings. The number of carbonyl (C=O) groups excluding carboxylic acids is 1. The lowest BCUT2D eigenvalue weighted by Gasteiger charge is -2.05. The van der Waals surface area contributed by atoms with E-state index >= 15 is 0 Å². The Kier molecular flexibility index (Phi) is 3.66. The minimum Gasteiger partial charge on any atom is -0.469 e. The SMILES string of the molecule is Cc1occc1C(=O)Nc1cccc(-c2nnc(-c3ccco3)o2)c1. The zero-order valence-corrected chi connectivity index (χ0v) is 13.2. The maximum Gasteiger partial charge on any atom is 0.283 e. The van der Waals surface area contributed by atoms with Gasteiger partial charge in [-0.15, -0.1) is 10.2 Å². The van der Waals surface area contributed by atoms with Crippen LogP contribution in [0.1, 0.15) is 16.1 Å². The molecule has 7 nitrogen and oxygen atoms in total. The van der Waals surface area contributed by atoms with Crippen molar-refractivity contribution >= 4 is 11.6 Å². The van der Waals surface area contributed by atoms with Crippen LogP contribution in [0, 0.1) is 6.92 Å². The van der Waals surface area contributed by atoms with E-state index in [2.05, 4.69) is 15.5 Å². The standard InChI is InChI=1S/C18H13N3O4/c1-11-14(7-9-23-11)16(22)19-13-5-2-4-12(10-13)17-20-21-18(25-17)15-6-3-8-24-15/h2-10H,1H3,(H,19,22). The summed E-state index contributed by atoms with van der Waals surface area (Å²) in [5.41, 5.74) is 1.79. The number of carbonyl (C=O) groups is 1. The van der Waals surface area contributed by atoms with E-state index in [1.54, 1.807) is 43.3 Å². The molecule has 4 rings (SSSR count). The minimum atomic E-state index is -0.245. The molecule has 3 heterocycles. The summed E-state index contributed by atoms with van der Waals surface area (Å²) in [5.74, 6) is 1.45. The van der Waals surface area contributed by atoms with Gasteiger partial charge in [0.2, 0.25) is 5.89 Å². The Morgan fingerprint density at radius 1 is 1.00 bits per heavy atom. The van der Waals surface area contributed by atoms with E-state index in [9.17, 15) is 4.79 Å². The van der Waals surface area contributed by atoms with Crippen LogP contribution in [0.2, 0.25) is 0 Å². The van der Waals surface area contributed by atoms with Crippen LogP contribution in [0.25, 0.3) is 23.1 Å². The molecule has 0 bridgehead atoms. The normalized spacial score (nSPS) is 10.8. The number of aryl methyl sites for hydroxylation is 1. The quantitative estimate of drug-likeness (QED) is 0.602. The van der Waals surface area contributed by atoms with Gasteiger partial charge in [-0.1, -0.05) is 6.07 Å². The Morgan fingerprint density at radius 2 is 1.88 bits per heavy atom. The smallest absolute Gasteiger partial charge is 0.283 e. The number of nitrogens with zero attached hydrogens (tertiary/aromatic N) is 2. The van der Waals surface area contributed by atoms with Crippen molar-refractivity contribution in [1.82, 2.24) is 10.2 Å². The molecule has 0 unspecified atom stereocenters. The molecule has 0 atom stereocenters. The number of furan rings is 2. The third kappa shape index (κ3) is 2.94. The molecule has 0 aliphatic rings. The first-order valence-electron chi connectivity index (χ1n) is 7.54. The molecular weight excluding hydrogens is 322 g/mol. The Morgan fingerprint density at radius 3 is 2.64 bits per heavy atom. The highest BCUT2D eigenvalue weighted by Gasteiger charge is 2.14. The first-order chi connectivity index (χ1) is 12.2. The lowest BCUT2D eigenvalue weighted by atomic mass is 10.2. The van der Waals surface area contributed by atoms with Gasteiger partial charge >= 0.3 is 0 Å². The molecular formula is C18H13N3O4. The van der Waals surface area contributed by atoms with E-state index < -0.39 is 0 Å². The van der Waals surface area contributed by atoms with Crippen LogP contribution in [-0.4, -0.2) is 16.1 Å². The first-order valence-corrected chi connectivity index (χ1v) is 7.54. The molecule has 25 heavy (non-hydrogen) atoms. The van der Waals surface area contributed by atoms with Crippen LogP contribution < -0.4 is 5.32 Å². The third-order valence-corrected chi connectivity index (χ3v) is 3.63. The highest BCUT2D eigenvalue weighted by Crippen LogP contribution is 2.26. The largest absolute Gasteiger partial charge is 0.469 e. The molecule has 0 saturated heterocycles. The van der Waals surface area contributed by atoms with Crippen molar-refractivity contribution in [3.8, 4) is 23.1 Å². The predicted molar refractivity (Wildman–Crippen MR) is 88.8 cm³/mol. The maximum absolute atomic E-state index is 12.3. The van der Waals surface area contributed by atoms with Gasteiger partial charge in [-0.3, -0.25) is 4.79 Å². The zero-order valence-electron chi connectivity index (χ0n) is 13.2. The molecule has 0 spiro atoms. The van der Waals surface area contributed by atoms with Crippen LogP contribution >= 0.6 is 0 Å². The molecule has 0 aliphatic carbocycles. The highest BCUT2D eigenvalue weighted by atomic mass is 16.4. The topological polar surface area (TPSA) is 94.3 Å². The monoisotopic (exact) mass is 335 g/mol. The van der Waals surface area contributed by atoms with Gasteiger partial charge in [0.15, 0.2) is 5.76 Å². The molecule has 0 saturated carbocycles. The summed E-state index contributed by atoms with van der Waals surface area (Å²) < 4.78 is 16.0. The third-order valence-electron chi connectivity index (χ3n) is 3.63. The summed E-state index contributed by atoms with van der Waals surface area (Å²) >= 11 is 0. The number of nitrogens with one attached hydrogen (secondary N) is 1. The number of rotatable bonds is 4. The Balaban J connectivity index is 1.58. The maximum atomic E-state index is 12.3. The van der Waals surface area contributed by atoms with E-state index in [4.69, 9.17) is 13.3 Å². The van der Waals surface area contributed by atoms with Gasteiger partial charge < -0.3 is 18.6 Å². The lowest BCUT2D eigenvalue weighted by molar-refractivity contribution is 0.102. The number of anilines is 1. The van der Waals surface area contributed by atoms with Gasteiger partial charge in [-0.25, -0.2) is 0 Å². The van der Waals surface area contributed by atoms with Gasteiger partial charge in [0.05, 0.1) is 18.1 Å². The Labute approximate surface area is 142 Å². The minimum absolute atomic E-state index is 0.245. The number of aromatic nitrogens is 2. The average Bonchev–Trinajstić information content (AvgIpc) is 3.36. The number of amides is 1. The predicted octanol–water partition coefficient (Wildman–Crippen LogP) is 4.15. The van der Waals surface area contributed by atoms with Gasteiger partial charge in [-0.05, 0) is 43.3 Å². The molecule has 3 aromatic heterocycles. The van der Waals surface area contributed by atoms with E-state index in [-0.39, 0.29) is 5.91 Å².